The Balaban J connectivity index is 2.89. The predicted octanol–water partition coefficient (Wildman–Crippen LogP) is 0.852. The molecule has 3 amide bonds. The van der Waals surface area contributed by atoms with Gasteiger partial charge in [0.05, 0.1) is 18.8 Å². The number of nitrogens with one attached hydrogen (secondary N) is 3. The van der Waals surface area contributed by atoms with Crippen LogP contribution in [-0.2, 0) is 30.3 Å². The summed E-state index contributed by atoms with van der Waals surface area (Å²) < 4.78 is 4.54. The average molecular weight is 438 g/mol. The van der Waals surface area contributed by atoms with Crippen LogP contribution >= 0.6 is 12.6 Å². The van der Waals surface area contributed by atoms with Crippen molar-refractivity contribution in [3.63, 3.8) is 0 Å². The first-order chi connectivity index (χ1) is 14.2. The fourth-order valence-corrected chi connectivity index (χ4v) is 3.03. The molecule has 8 nitrogen and oxygen atoms in total. The van der Waals surface area contributed by atoms with Gasteiger partial charge in [-0.2, -0.15) is 12.6 Å². The van der Waals surface area contributed by atoms with Gasteiger partial charge in [0, 0.05) is 13.5 Å². The van der Waals surface area contributed by atoms with Gasteiger partial charge in [0.1, 0.15) is 12.1 Å². The van der Waals surface area contributed by atoms with E-state index in [2.05, 4.69) is 33.3 Å². The third-order valence-electron chi connectivity index (χ3n) is 4.39. The van der Waals surface area contributed by atoms with Crippen LogP contribution in [0.15, 0.2) is 30.3 Å². The van der Waals surface area contributed by atoms with Crippen molar-refractivity contribution in [2.75, 3.05) is 14.2 Å². The number of benzene rings is 1. The second-order valence-electron chi connectivity index (χ2n) is 7.35. The molecule has 1 aromatic carbocycles. The molecule has 0 saturated carbocycles. The molecule has 0 aliphatic heterocycles. The van der Waals surface area contributed by atoms with Gasteiger partial charge in [-0.3, -0.25) is 19.2 Å². The SMILES string of the molecule is CNC(=O)[C@H](Cc1ccccc1)NC(=O)[C@H](CC(C)C)NC(=O)C(S)CC(=O)OC. The minimum atomic E-state index is -0.945. The van der Waals surface area contributed by atoms with Crippen molar-refractivity contribution in [3.8, 4) is 0 Å². The first kappa shape index (κ1) is 25.5. The molecule has 0 aliphatic carbocycles. The van der Waals surface area contributed by atoms with Crippen molar-refractivity contribution in [2.24, 2.45) is 5.92 Å². The lowest BCUT2D eigenvalue weighted by Gasteiger charge is -2.24. The molecule has 1 unspecified atom stereocenters. The molecule has 1 aromatic rings. The summed E-state index contributed by atoms with van der Waals surface area (Å²) in [4.78, 5) is 49.0. The van der Waals surface area contributed by atoms with Crippen LogP contribution < -0.4 is 16.0 Å². The molecule has 166 valence electrons. The number of ether oxygens (including phenoxy) is 1. The number of thiol groups is 1. The third-order valence-corrected chi connectivity index (χ3v) is 4.81. The van der Waals surface area contributed by atoms with Crippen LogP contribution in [0.5, 0.6) is 0 Å². The number of methoxy groups -OCH3 is 1. The van der Waals surface area contributed by atoms with E-state index in [0.717, 1.165) is 5.56 Å². The smallest absolute Gasteiger partial charge is 0.307 e. The van der Waals surface area contributed by atoms with Gasteiger partial charge in [-0.1, -0.05) is 44.2 Å². The Labute approximate surface area is 182 Å². The summed E-state index contributed by atoms with van der Waals surface area (Å²) in [6.45, 7) is 3.83. The number of amides is 3. The summed E-state index contributed by atoms with van der Waals surface area (Å²) in [6, 6.07) is 7.66. The van der Waals surface area contributed by atoms with E-state index >= 15 is 0 Å². The normalized spacial score (nSPS) is 13.7. The highest BCUT2D eigenvalue weighted by atomic mass is 32.1. The molecule has 0 aliphatic rings. The van der Waals surface area contributed by atoms with E-state index in [1.165, 1.54) is 14.2 Å². The molecule has 3 N–H and O–H groups in total. The number of rotatable bonds is 11. The lowest BCUT2D eigenvalue weighted by Crippen LogP contribution is -2.55. The lowest BCUT2D eigenvalue weighted by molar-refractivity contribution is -0.142. The van der Waals surface area contributed by atoms with E-state index in [1.54, 1.807) is 0 Å². The Kier molecular flexibility index (Phi) is 11.0. The zero-order chi connectivity index (χ0) is 22.7. The molecule has 0 saturated heterocycles. The minimum absolute atomic E-state index is 0.104. The fourth-order valence-electron chi connectivity index (χ4n) is 2.81. The topological polar surface area (TPSA) is 114 Å². The second-order valence-corrected chi connectivity index (χ2v) is 7.98. The molecule has 3 atom stereocenters. The van der Waals surface area contributed by atoms with Crippen LogP contribution in [0.25, 0.3) is 0 Å². The first-order valence-corrected chi connectivity index (χ1v) is 10.3. The fraction of sp³-hybridized carbons (Fsp3) is 0.524. The van der Waals surface area contributed by atoms with Crippen LogP contribution in [-0.4, -0.2) is 55.2 Å². The van der Waals surface area contributed by atoms with E-state index in [1.807, 2.05) is 44.2 Å². The number of carbonyl (C=O) groups excluding carboxylic acids is 4. The zero-order valence-electron chi connectivity index (χ0n) is 17.8. The maximum atomic E-state index is 12.9. The van der Waals surface area contributed by atoms with Crippen LogP contribution in [0.3, 0.4) is 0 Å². The molecule has 0 aromatic heterocycles. The van der Waals surface area contributed by atoms with Gasteiger partial charge in [-0.15, -0.1) is 0 Å². The van der Waals surface area contributed by atoms with Crippen LogP contribution in [0.2, 0.25) is 0 Å². The highest BCUT2D eigenvalue weighted by Gasteiger charge is 2.29. The average Bonchev–Trinajstić information content (AvgIpc) is 2.72. The number of hydrogen-bond acceptors (Lipinski definition) is 6. The largest absolute Gasteiger partial charge is 0.469 e. The number of esters is 1. The molecule has 0 bridgehead atoms. The molecule has 0 fully saturated rings. The van der Waals surface area contributed by atoms with E-state index in [0.29, 0.717) is 12.8 Å². The Morgan fingerprint density at radius 3 is 2.10 bits per heavy atom. The van der Waals surface area contributed by atoms with E-state index in [4.69, 9.17) is 0 Å². The van der Waals surface area contributed by atoms with E-state index in [-0.39, 0.29) is 18.2 Å². The van der Waals surface area contributed by atoms with Crippen molar-refractivity contribution in [2.45, 2.75) is 50.4 Å². The first-order valence-electron chi connectivity index (χ1n) is 9.79. The minimum Gasteiger partial charge on any atom is -0.469 e. The molecule has 1 rings (SSSR count). The summed E-state index contributed by atoms with van der Waals surface area (Å²) in [7, 11) is 2.72. The predicted molar refractivity (Wildman–Crippen MR) is 117 cm³/mol. The molecule has 0 heterocycles. The molecule has 30 heavy (non-hydrogen) atoms. The molecular weight excluding hydrogens is 406 g/mol. The number of hydrogen-bond donors (Lipinski definition) is 4. The van der Waals surface area contributed by atoms with Gasteiger partial charge < -0.3 is 20.7 Å². The van der Waals surface area contributed by atoms with Crippen molar-refractivity contribution in [1.29, 1.82) is 0 Å². The standard InChI is InChI=1S/C21H31N3O5S/c1-13(2)10-15(24-21(28)17(30)12-18(25)29-4)20(27)23-16(19(26)22-3)11-14-8-6-5-7-9-14/h5-9,13,15-17,30H,10-12H2,1-4H3,(H,22,26)(H,23,27)(H,24,28)/t15-,16-,17?/m0/s1. The summed E-state index contributed by atoms with van der Waals surface area (Å²) in [5, 5.41) is 6.98. The lowest BCUT2D eigenvalue weighted by atomic mass is 10.0. The highest BCUT2D eigenvalue weighted by molar-refractivity contribution is 7.81. The Morgan fingerprint density at radius 2 is 1.57 bits per heavy atom. The molecular formula is C21H31N3O5S. The van der Waals surface area contributed by atoms with Gasteiger partial charge in [0.25, 0.3) is 0 Å². The van der Waals surface area contributed by atoms with E-state index < -0.39 is 35.1 Å². The van der Waals surface area contributed by atoms with Gasteiger partial charge in [-0.05, 0) is 17.9 Å². The van der Waals surface area contributed by atoms with Crippen LogP contribution in [0.4, 0.5) is 0 Å². The van der Waals surface area contributed by atoms with Crippen molar-refractivity contribution in [1.82, 2.24) is 16.0 Å². The van der Waals surface area contributed by atoms with Crippen molar-refractivity contribution in [3.05, 3.63) is 35.9 Å². The maximum absolute atomic E-state index is 12.9. The number of carbonyl (C=O) groups is 4. The van der Waals surface area contributed by atoms with E-state index in [9.17, 15) is 19.2 Å². The second kappa shape index (κ2) is 12.9. The van der Waals surface area contributed by atoms with Gasteiger partial charge in [-0.25, -0.2) is 0 Å². The quantitative estimate of drug-likeness (QED) is 0.303. The van der Waals surface area contributed by atoms with Crippen molar-refractivity contribution < 1.29 is 23.9 Å². The zero-order valence-corrected chi connectivity index (χ0v) is 18.7. The Bertz CT molecular complexity index is 727. The van der Waals surface area contributed by atoms with Crippen LogP contribution in [0, 0.1) is 5.92 Å². The van der Waals surface area contributed by atoms with Gasteiger partial charge in [0.2, 0.25) is 17.7 Å². The summed E-state index contributed by atoms with van der Waals surface area (Å²) >= 11 is 4.13. The molecule has 0 radical (unpaired) electrons. The Morgan fingerprint density at radius 1 is 0.967 bits per heavy atom. The summed E-state index contributed by atoms with van der Waals surface area (Å²) in [5.41, 5.74) is 0.893. The maximum Gasteiger partial charge on any atom is 0.307 e. The summed E-state index contributed by atoms with van der Waals surface area (Å²) in [5.74, 6) is -1.82. The summed E-state index contributed by atoms with van der Waals surface area (Å²) in [6.07, 6.45) is 0.463. The third kappa shape index (κ3) is 8.86. The van der Waals surface area contributed by atoms with Gasteiger partial charge in [0.15, 0.2) is 0 Å². The molecule has 0 spiro atoms. The monoisotopic (exact) mass is 437 g/mol. The highest BCUT2D eigenvalue weighted by Crippen LogP contribution is 2.10. The van der Waals surface area contributed by atoms with Gasteiger partial charge >= 0.3 is 5.97 Å². The Hall–Kier alpha value is -2.55. The van der Waals surface area contributed by atoms with Crippen LogP contribution in [0.1, 0.15) is 32.3 Å². The molecule has 9 heteroatoms. The van der Waals surface area contributed by atoms with Crippen molar-refractivity contribution >= 4 is 36.3 Å². The number of likely N-dealkylation sites (N-methyl/N-ethyl adjacent to an activating group) is 1.